The van der Waals surface area contributed by atoms with Crippen molar-refractivity contribution in [1.29, 1.82) is 0 Å². The summed E-state index contributed by atoms with van der Waals surface area (Å²) in [6, 6.07) is 9.76. The van der Waals surface area contributed by atoms with E-state index in [1.165, 1.54) is 18.4 Å². The van der Waals surface area contributed by atoms with E-state index < -0.39 is 23.0 Å². The zero-order valence-corrected chi connectivity index (χ0v) is 24.3. The van der Waals surface area contributed by atoms with Crippen LogP contribution in [-0.4, -0.2) is 79.9 Å². The second-order valence-corrected chi connectivity index (χ2v) is 9.76. The summed E-state index contributed by atoms with van der Waals surface area (Å²) >= 11 is 0. The van der Waals surface area contributed by atoms with Gasteiger partial charge in [0.05, 0.1) is 43.0 Å². The van der Waals surface area contributed by atoms with Crippen LogP contribution in [0.1, 0.15) is 24.8 Å². The molecule has 3 N–H and O–H groups in total. The highest BCUT2D eigenvalue weighted by atomic mass is 16.7. The number of allylic oxidation sites excluding steroid dienone is 1. The first kappa shape index (κ1) is 32.5. The molecule has 1 amide bonds. The Morgan fingerprint density at radius 1 is 1.11 bits per heavy atom. The minimum atomic E-state index is -0.849. The minimum absolute atomic E-state index is 0.00374. The molecule has 0 spiro atoms. The molecule has 3 heterocycles. The van der Waals surface area contributed by atoms with Gasteiger partial charge >= 0.3 is 0 Å². The molecule has 0 fully saturated rings. The van der Waals surface area contributed by atoms with Crippen LogP contribution in [0.15, 0.2) is 69.9 Å². The molecule has 44 heavy (non-hydrogen) atoms. The van der Waals surface area contributed by atoms with Gasteiger partial charge in [-0.15, -0.1) is 0 Å². The molecule has 3 atom stereocenters. The van der Waals surface area contributed by atoms with Gasteiger partial charge in [-0.25, -0.2) is 4.98 Å². The van der Waals surface area contributed by atoms with Crippen LogP contribution in [0.25, 0.3) is 11.0 Å². The van der Waals surface area contributed by atoms with E-state index in [2.05, 4.69) is 15.6 Å². The number of para-hydroxylation sites is 1. The lowest BCUT2D eigenvalue weighted by atomic mass is 9.81. The summed E-state index contributed by atoms with van der Waals surface area (Å²) in [5.74, 6) is -1.05. The van der Waals surface area contributed by atoms with E-state index in [4.69, 9.17) is 28.5 Å². The predicted molar refractivity (Wildman–Crippen MR) is 159 cm³/mol. The van der Waals surface area contributed by atoms with Crippen molar-refractivity contribution in [2.75, 3.05) is 58.0 Å². The van der Waals surface area contributed by atoms with Gasteiger partial charge in [0.25, 0.3) is 11.6 Å². The number of nitrogens with one attached hydrogen (secondary N) is 2. The average Bonchev–Trinajstić information content (AvgIpc) is 3.03. The number of pyridine rings is 1. The summed E-state index contributed by atoms with van der Waals surface area (Å²) in [6.45, 7) is 3.71. The van der Waals surface area contributed by atoms with Crippen molar-refractivity contribution >= 4 is 28.4 Å². The first-order valence-corrected chi connectivity index (χ1v) is 14.3. The standard InChI is InChI=1S/C30H36N4O10/c1-2-42-30-21(9-13-40-15-16-41-14-12-35)23(24-19-43-25-6-4-3-5-22(25)28(24)36)17-26(44-30)29(37)32-11-10-31-27-8-7-20(18-33-27)34(38)39/h3-8,17-19,21,23,30,35H,2,9-16H2,1H3,(H,31,33)(H,32,37)/t21-,23+,30-/m0/s1. The van der Waals surface area contributed by atoms with Crippen molar-refractivity contribution in [1.82, 2.24) is 10.3 Å². The number of hydrogen-bond donors (Lipinski definition) is 3. The molecule has 0 unspecified atom stereocenters. The van der Waals surface area contributed by atoms with Gasteiger partial charge in [0, 0.05) is 49.8 Å². The van der Waals surface area contributed by atoms with Gasteiger partial charge in [-0.3, -0.25) is 19.7 Å². The molecule has 0 aliphatic carbocycles. The molecule has 0 saturated carbocycles. The number of rotatable bonds is 17. The lowest BCUT2D eigenvalue weighted by molar-refractivity contribution is -0.385. The third-order valence-electron chi connectivity index (χ3n) is 6.88. The molecule has 0 bridgehead atoms. The topological polar surface area (TPSA) is 185 Å². The van der Waals surface area contributed by atoms with Gasteiger partial charge in [0.1, 0.15) is 17.6 Å². The molecular weight excluding hydrogens is 576 g/mol. The largest absolute Gasteiger partial charge is 0.464 e. The lowest BCUT2D eigenvalue weighted by Gasteiger charge is -2.36. The van der Waals surface area contributed by atoms with E-state index in [-0.39, 0.29) is 42.6 Å². The summed E-state index contributed by atoms with van der Waals surface area (Å²) in [6.07, 6.45) is 3.78. The maximum atomic E-state index is 13.6. The van der Waals surface area contributed by atoms with Gasteiger partial charge in [0.15, 0.2) is 11.2 Å². The molecule has 4 rings (SSSR count). The quantitative estimate of drug-likeness (QED) is 0.115. The zero-order valence-electron chi connectivity index (χ0n) is 24.3. The number of carbonyl (C=O) groups is 1. The molecule has 14 nitrogen and oxygen atoms in total. The number of amides is 1. The van der Waals surface area contributed by atoms with Gasteiger partial charge in [-0.2, -0.15) is 0 Å². The van der Waals surface area contributed by atoms with Crippen molar-refractivity contribution in [3.05, 3.63) is 86.6 Å². The molecular formula is C30H36N4O10. The number of benzene rings is 1. The molecule has 0 saturated heterocycles. The van der Waals surface area contributed by atoms with E-state index in [1.807, 2.05) is 6.92 Å². The highest BCUT2D eigenvalue weighted by Gasteiger charge is 2.39. The van der Waals surface area contributed by atoms with Crippen LogP contribution in [-0.2, 0) is 23.7 Å². The molecule has 236 valence electrons. The SMILES string of the molecule is CCO[C@H]1OC(C(=O)NCCNc2ccc([N+](=O)[O-])cn2)=C[C@@H](c2coc3ccccc3c2=O)[C@@H]1CCOCCOCCO. The first-order valence-electron chi connectivity index (χ1n) is 14.3. The van der Waals surface area contributed by atoms with Gasteiger partial charge in [-0.05, 0) is 37.6 Å². The average molecular weight is 613 g/mol. The van der Waals surface area contributed by atoms with Crippen LogP contribution in [0.4, 0.5) is 11.5 Å². The second kappa shape index (κ2) is 16.5. The van der Waals surface area contributed by atoms with E-state index in [1.54, 1.807) is 30.3 Å². The Kier molecular flexibility index (Phi) is 12.2. The minimum Gasteiger partial charge on any atom is -0.464 e. The second-order valence-electron chi connectivity index (χ2n) is 9.76. The monoisotopic (exact) mass is 612 g/mol. The molecule has 1 aliphatic heterocycles. The number of carbonyl (C=O) groups excluding carboxylic acids is 1. The van der Waals surface area contributed by atoms with E-state index >= 15 is 0 Å². The van der Waals surface area contributed by atoms with Crippen LogP contribution in [0, 0.1) is 16.0 Å². The molecule has 1 aliphatic rings. The maximum absolute atomic E-state index is 13.6. The molecule has 14 heteroatoms. The number of fused-ring (bicyclic) bond motifs is 1. The Hall–Kier alpha value is -4.37. The third kappa shape index (κ3) is 8.60. The summed E-state index contributed by atoms with van der Waals surface area (Å²) in [4.78, 5) is 41.1. The van der Waals surface area contributed by atoms with Crippen molar-refractivity contribution in [3.63, 3.8) is 0 Å². The number of anilines is 1. The highest BCUT2D eigenvalue weighted by Crippen LogP contribution is 2.38. The van der Waals surface area contributed by atoms with Crippen LogP contribution in [0.5, 0.6) is 0 Å². The van der Waals surface area contributed by atoms with Crippen LogP contribution < -0.4 is 16.1 Å². The van der Waals surface area contributed by atoms with Gasteiger partial charge in [0.2, 0.25) is 6.29 Å². The van der Waals surface area contributed by atoms with Crippen LogP contribution in [0.2, 0.25) is 0 Å². The fraction of sp³-hybridized carbons (Fsp3) is 0.433. The summed E-state index contributed by atoms with van der Waals surface area (Å²) in [7, 11) is 0. The van der Waals surface area contributed by atoms with E-state index in [9.17, 15) is 19.7 Å². The Labute approximate surface area is 253 Å². The van der Waals surface area contributed by atoms with E-state index in [0.29, 0.717) is 61.7 Å². The first-order chi connectivity index (χ1) is 21.4. The number of aliphatic hydroxyl groups is 1. The lowest BCUT2D eigenvalue weighted by Crippen LogP contribution is -2.41. The number of aromatic nitrogens is 1. The molecule has 2 aromatic heterocycles. The summed E-state index contributed by atoms with van der Waals surface area (Å²) in [5.41, 5.74) is 0.479. The van der Waals surface area contributed by atoms with Crippen LogP contribution in [0.3, 0.4) is 0 Å². The number of aliphatic hydroxyl groups excluding tert-OH is 1. The Morgan fingerprint density at radius 2 is 1.91 bits per heavy atom. The smallest absolute Gasteiger partial charge is 0.287 e. The van der Waals surface area contributed by atoms with Gasteiger partial charge in [-0.1, -0.05) is 12.1 Å². The summed E-state index contributed by atoms with van der Waals surface area (Å²) in [5, 5.41) is 25.9. The Bertz CT molecular complexity index is 1480. The fourth-order valence-electron chi connectivity index (χ4n) is 4.78. The van der Waals surface area contributed by atoms with Crippen molar-refractivity contribution < 1.29 is 38.2 Å². The van der Waals surface area contributed by atoms with E-state index in [0.717, 1.165) is 6.20 Å². The summed E-state index contributed by atoms with van der Waals surface area (Å²) < 4.78 is 28.7. The molecule has 3 aromatic rings. The Balaban J connectivity index is 1.50. The van der Waals surface area contributed by atoms with Crippen molar-refractivity contribution in [3.8, 4) is 0 Å². The van der Waals surface area contributed by atoms with Crippen molar-refractivity contribution in [2.24, 2.45) is 5.92 Å². The fourth-order valence-corrected chi connectivity index (χ4v) is 4.78. The zero-order chi connectivity index (χ0) is 31.3. The number of hydrogen-bond acceptors (Lipinski definition) is 12. The predicted octanol–water partition coefficient (Wildman–Crippen LogP) is 2.72. The van der Waals surface area contributed by atoms with Crippen LogP contribution >= 0.6 is 0 Å². The maximum Gasteiger partial charge on any atom is 0.287 e. The number of nitro groups is 1. The molecule has 0 radical (unpaired) electrons. The number of ether oxygens (including phenoxy) is 4. The van der Waals surface area contributed by atoms with Gasteiger partial charge < -0.3 is 39.1 Å². The Morgan fingerprint density at radius 3 is 2.64 bits per heavy atom. The number of nitrogens with zero attached hydrogens (tertiary/aromatic N) is 2. The highest BCUT2D eigenvalue weighted by molar-refractivity contribution is 5.91. The van der Waals surface area contributed by atoms with Crippen molar-refractivity contribution in [2.45, 2.75) is 25.6 Å². The molecule has 1 aromatic carbocycles. The third-order valence-corrected chi connectivity index (χ3v) is 6.88. The normalized spacial score (nSPS) is 18.0.